The summed E-state index contributed by atoms with van der Waals surface area (Å²) in [6.07, 6.45) is 0.805. The maximum atomic E-state index is 10.7. The third-order valence-corrected chi connectivity index (χ3v) is 3.15. The van der Waals surface area contributed by atoms with Crippen molar-refractivity contribution >= 4 is 5.97 Å². The molecule has 1 aromatic carbocycles. The van der Waals surface area contributed by atoms with E-state index in [1.165, 1.54) is 16.7 Å². The Hall–Kier alpha value is -1.31. The van der Waals surface area contributed by atoms with E-state index in [2.05, 4.69) is 26.0 Å². The number of hydrogen-bond acceptors (Lipinski definition) is 1. The number of aryl methyl sites for hydroxylation is 1. The minimum absolute atomic E-state index is 0.143. The van der Waals surface area contributed by atoms with E-state index < -0.39 is 5.97 Å². The number of carbonyl (C=O) groups is 1. The molecule has 2 heteroatoms. The number of carboxylic acids is 1. The van der Waals surface area contributed by atoms with Crippen molar-refractivity contribution in [2.45, 2.75) is 26.2 Å². The molecule has 0 bridgehead atoms. The summed E-state index contributed by atoms with van der Waals surface area (Å²) >= 11 is 0. The third kappa shape index (κ3) is 1.41. The largest absolute Gasteiger partial charge is 0.481 e. The minimum atomic E-state index is -0.657. The number of rotatable bonds is 2. The van der Waals surface area contributed by atoms with Gasteiger partial charge in [-0.2, -0.15) is 0 Å². The van der Waals surface area contributed by atoms with Crippen molar-refractivity contribution in [1.82, 2.24) is 0 Å². The Morgan fingerprint density at radius 3 is 2.71 bits per heavy atom. The lowest BCUT2D eigenvalue weighted by molar-refractivity contribution is -0.138. The van der Waals surface area contributed by atoms with Gasteiger partial charge >= 0.3 is 5.97 Å². The number of carboxylic acid groups (broad SMARTS) is 1. The van der Waals surface area contributed by atoms with E-state index >= 15 is 0 Å². The molecule has 0 radical (unpaired) electrons. The number of benzene rings is 1. The van der Waals surface area contributed by atoms with Gasteiger partial charge in [0.25, 0.3) is 0 Å². The van der Waals surface area contributed by atoms with Crippen molar-refractivity contribution in [1.29, 1.82) is 0 Å². The summed E-state index contributed by atoms with van der Waals surface area (Å²) in [6, 6.07) is 6.13. The lowest BCUT2D eigenvalue weighted by Gasteiger charge is -2.06. The maximum absolute atomic E-state index is 10.7. The molecular weight excluding hydrogens is 176 g/mol. The van der Waals surface area contributed by atoms with Gasteiger partial charge in [-0.05, 0) is 42.9 Å². The van der Waals surface area contributed by atoms with Gasteiger partial charge < -0.3 is 5.11 Å². The van der Waals surface area contributed by atoms with Crippen LogP contribution in [0.3, 0.4) is 0 Å². The molecule has 1 fully saturated rings. The van der Waals surface area contributed by atoms with Crippen LogP contribution in [0.25, 0.3) is 0 Å². The van der Waals surface area contributed by atoms with Gasteiger partial charge in [-0.3, -0.25) is 4.79 Å². The van der Waals surface area contributed by atoms with E-state index in [4.69, 9.17) is 5.11 Å². The van der Waals surface area contributed by atoms with Crippen LogP contribution >= 0.6 is 0 Å². The molecule has 0 aromatic heterocycles. The monoisotopic (exact) mass is 190 g/mol. The zero-order valence-electron chi connectivity index (χ0n) is 8.45. The van der Waals surface area contributed by atoms with E-state index in [0.717, 1.165) is 6.42 Å². The van der Waals surface area contributed by atoms with Crippen molar-refractivity contribution in [2.24, 2.45) is 5.92 Å². The second-order valence-corrected chi connectivity index (χ2v) is 4.08. The SMILES string of the molecule is Cc1cccc(C2CC2C(=O)O)c1C. The molecule has 0 spiro atoms. The van der Waals surface area contributed by atoms with Crippen LogP contribution in [-0.4, -0.2) is 11.1 Å². The highest BCUT2D eigenvalue weighted by atomic mass is 16.4. The molecular formula is C12H14O2. The predicted octanol–water partition coefficient (Wildman–Crippen LogP) is 2.49. The first-order chi connectivity index (χ1) is 6.61. The van der Waals surface area contributed by atoms with E-state index in [1.54, 1.807) is 0 Å². The van der Waals surface area contributed by atoms with E-state index in [9.17, 15) is 4.79 Å². The fraction of sp³-hybridized carbons (Fsp3) is 0.417. The molecule has 1 aliphatic carbocycles. The van der Waals surface area contributed by atoms with Crippen LogP contribution in [0.4, 0.5) is 0 Å². The predicted molar refractivity (Wildman–Crippen MR) is 54.4 cm³/mol. The maximum Gasteiger partial charge on any atom is 0.307 e. The zero-order valence-corrected chi connectivity index (χ0v) is 8.45. The summed E-state index contributed by atoms with van der Waals surface area (Å²) in [7, 11) is 0. The van der Waals surface area contributed by atoms with Gasteiger partial charge in [-0.1, -0.05) is 18.2 Å². The molecule has 2 nitrogen and oxygen atoms in total. The molecule has 1 aromatic rings. The van der Waals surface area contributed by atoms with Crippen LogP contribution in [-0.2, 0) is 4.79 Å². The first kappa shape index (κ1) is 9.25. The normalized spacial score (nSPS) is 24.7. The Morgan fingerprint density at radius 2 is 2.14 bits per heavy atom. The van der Waals surface area contributed by atoms with Crippen LogP contribution in [0.15, 0.2) is 18.2 Å². The molecule has 2 rings (SSSR count). The zero-order chi connectivity index (χ0) is 10.3. The van der Waals surface area contributed by atoms with Crippen LogP contribution < -0.4 is 0 Å². The Bertz CT molecular complexity index is 382. The average Bonchev–Trinajstić information content (AvgIpc) is 2.89. The molecule has 0 amide bonds. The van der Waals surface area contributed by atoms with Gasteiger partial charge in [0.1, 0.15) is 0 Å². The molecule has 0 saturated heterocycles. The fourth-order valence-corrected chi connectivity index (χ4v) is 1.99. The molecule has 2 unspecified atom stereocenters. The van der Waals surface area contributed by atoms with Crippen LogP contribution in [0, 0.1) is 19.8 Å². The summed E-state index contributed by atoms with van der Waals surface area (Å²) in [6.45, 7) is 4.14. The molecule has 0 aliphatic heterocycles. The van der Waals surface area contributed by atoms with Crippen LogP contribution in [0.2, 0.25) is 0 Å². The van der Waals surface area contributed by atoms with E-state index in [-0.39, 0.29) is 11.8 Å². The highest BCUT2D eigenvalue weighted by Crippen LogP contribution is 2.48. The highest BCUT2D eigenvalue weighted by molar-refractivity contribution is 5.75. The van der Waals surface area contributed by atoms with Gasteiger partial charge in [-0.15, -0.1) is 0 Å². The van der Waals surface area contributed by atoms with E-state index in [1.807, 2.05) is 6.07 Å². The summed E-state index contributed by atoms with van der Waals surface area (Å²) in [5.41, 5.74) is 3.72. The lowest BCUT2D eigenvalue weighted by atomic mass is 9.99. The van der Waals surface area contributed by atoms with Crippen LogP contribution in [0.1, 0.15) is 29.0 Å². The average molecular weight is 190 g/mol. The third-order valence-electron chi connectivity index (χ3n) is 3.15. The topological polar surface area (TPSA) is 37.3 Å². The second-order valence-electron chi connectivity index (χ2n) is 4.08. The highest BCUT2D eigenvalue weighted by Gasteiger charge is 2.44. The summed E-state index contributed by atoms with van der Waals surface area (Å²) < 4.78 is 0. The lowest BCUT2D eigenvalue weighted by Crippen LogP contribution is -2.00. The number of aliphatic carboxylic acids is 1. The van der Waals surface area contributed by atoms with Gasteiger partial charge in [0, 0.05) is 0 Å². The quantitative estimate of drug-likeness (QED) is 0.778. The number of hydrogen-bond donors (Lipinski definition) is 1. The van der Waals surface area contributed by atoms with Crippen molar-refractivity contribution in [3.05, 3.63) is 34.9 Å². The van der Waals surface area contributed by atoms with Gasteiger partial charge in [-0.25, -0.2) is 0 Å². The van der Waals surface area contributed by atoms with Gasteiger partial charge in [0.05, 0.1) is 5.92 Å². The van der Waals surface area contributed by atoms with Crippen molar-refractivity contribution in [3.63, 3.8) is 0 Å². The minimum Gasteiger partial charge on any atom is -0.481 e. The second kappa shape index (κ2) is 3.12. The standard InChI is InChI=1S/C12H14O2/c1-7-4-3-5-9(8(7)2)10-6-11(10)12(13)14/h3-5,10-11H,6H2,1-2H3,(H,13,14). The first-order valence-electron chi connectivity index (χ1n) is 4.90. The molecule has 0 heterocycles. The molecule has 1 aliphatic rings. The first-order valence-corrected chi connectivity index (χ1v) is 4.90. The summed E-state index contributed by atoms with van der Waals surface area (Å²) in [5.74, 6) is -0.543. The molecule has 1 saturated carbocycles. The molecule has 14 heavy (non-hydrogen) atoms. The molecule has 74 valence electrons. The summed E-state index contributed by atoms with van der Waals surface area (Å²) in [4.78, 5) is 10.7. The van der Waals surface area contributed by atoms with Crippen molar-refractivity contribution in [2.75, 3.05) is 0 Å². The Kier molecular flexibility index (Phi) is 2.06. The molecule has 2 atom stereocenters. The Morgan fingerprint density at radius 1 is 1.43 bits per heavy atom. The smallest absolute Gasteiger partial charge is 0.307 e. The van der Waals surface area contributed by atoms with Gasteiger partial charge in [0.15, 0.2) is 0 Å². The van der Waals surface area contributed by atoms with Gasteiger partial charge in [0.2, 0.25) is 0 Å². The fourth-order valence-electron chi connectivity index (χ4n) is 1.99. The van der Waals surface area contributed by atoms with Crippen molar-refractivity contribution in [3.8, 4) is 0 Å². The Labute approximate surface area is 83.6 Å². The van der Waals surface area contributed by atoms with Crippen molar-refractivity contribution < 1.29 is 9.90 Å². The summed E-state index contributed by atoms with van der Waals surface area (Å²) in [5, 5.41) is 8.85. The van der Waals surface area contributed by atoms with E-state index in [0.29, 0.717) is 0 Å². The molecule has 1 N–H and O–H groups in total. The van der Waals surface area contributed by atoms with Crippen LogP contribution in [0.5, 0.6) is 0 Å². The Balaban J connectivity index is 2.27.